The molecule has 1 N–H and O–H groups in total. The standard InChI is InChI=1S/C23H22N2O6/c1-31-18-9-5-4-8-17(18)20-19(21(26)14-10-12-16(13-11-14)25(29)30)22(27)23(28)24(20)15-6-2-3-7-15/h4-5,8-13,15,20,26H,2-3,6-7H2,1H3/b21-19+. The first-order valence-corrected chi connectivity index (χ1v) is 10.1. The van der Waals surface area contributed by atoms with Crippen molar-refractivity contribution in [1.29, 1.82) is 0 Å². The second-order valence-corrected chi connectivity index (χ2v) is 7.69. The third kappa shape index (κ3) is 3.54. The van der Waals surface area contributed by atoms with E-state index in [1.165, 1.54) is 31.4 Å². The minimum Gasteiger partial charge on any atom is -0.507 e. The van der Waals surface area contributed by atoms with Gasteiger partial charge in [0, 0.05) is 29.3 Å². The third-order valence-electron chi connectivity index (χ3n) is 5.98. The number of ketones is 1. The number of nitro groups is 1. The molecule has 2 aromatic carbocycles. The molecule has 1 amide bonds. The zero-order valence-corrected chi connectivity index (χ0v) is 17.0. The molecule has 31 heavy (non-hydrogen) atoms. The Bertz CT molecular complexity index is 1070. The Labute approximate surface area is 178 Å². The van der Waals surface area contributed by atoms with E-state index in [9.17, 15) is 24.8 Å². The van der Waals surface area contributed by atoms with Gasteiger partial charge in [0.15, 0.2) is 0 Å². The minimum atomic E-state index is -0.797. The highest BCUT2D eigenvalue weighted by Crippen LogP contribution is 2.45. The first-order chi connectivity index (χ1) is 14.9. The van der Waals surface area contributed by atoms with E-state index in [0.29, 0.717) is 11.3 Å². The number of hydrogen-bond acceptors (Lipinski definition) is 6. The summed E-state index contributed by atoms with van der Waals surface area (Å²) < 4.78 is 5.49. The number of nitro benzene ring substituents is 1. The van der Waals surface area contributed by atoms with Crippen molar-refractivity contribution >= 4 is 23.1 Å². The van der Waals surface area contributed by atoms with E-state index < -0.39 is 22.7 Å². The molecule has 1 heterocycles. The zero-order chi connectivity index (χ0) is 22.1. The summed E-state index contributed by atoms with van der Waals surface area (Å²) in [6, 6.07) is 11.4. The quantitative estimate of drug-likeness (QED) is 0.257. The number of aliphatic hydroxyl groups excluding tert-OH is 1. The number of non-ortho nitro benzene ring substituents is 1. The van der Waals surface area contributed by atoms with E-state index in [1.807, 2.05) is 0 Å². The van der Waals surface area contributed by atoms with Gasteiger partial charge in [-0.05, 0) is 31.0 Å². The molecule has 2 aliphatic rings. The average molecular weight is 422 g/mol. The van der Waals surface area contributed by atoms with Gasteiger partial charge in [0.2, 0.25) is 0 Å². The number of Topliss-reactive ketones (excluding diaryl/α,β-unsaturated/α-hetero) is 1. The summed E-state index contributed by atoms with van der Waals surface area (Å²) in [6.45, 7) is 0. The molecule has 1 unspecified atom stereocenters. The van der Waals surface area contributed by atoms with Gasteiger partial charge < -0.3 is 14.7 Å². The van der Waals surface area contributed by atoms with Crippen LogP contribution in [0.4, 0.5) is 5.69 Å². The van der Waals surface area contributed by atoms with Gasteiger partial charge in [-0.2, -0.15) is 0 Å². The van der Waals surface area contributed by atoms with E-state index in [4.69, 9.17) is 4.74 Å². The topological polar surface area (TPSA) is 110 Å². The van der Waals surface area contributed by atoms with E-state index in [0.717, 1.165) is 25.7 Å². The predicted molar refractivity (Wildman–Crippen MR) is 112 cm³/mol. The maximum atomic E-state index is 13.1. The molecular weight excluding hydrogens is 400 g/mol. The number of para-hydroxylation sites is 1. The lowest BCUT2D eigenvalue weighted by molar-refractivity contribution is -0.384. The summed E-state index contributed by atoms with van der Waals surface area (Å²) in [6.07, 6.45) is 3.51. The molecule has 0 radical (unpaired) electrons. The number of rotatable bonds is 5. The third-order valence-corrected chi connectivity index (χ3v) is 5.98. The number of carbonyl (C=O) groups is 2. The first kappa shape index (κ1) is 20.6. The maximum absolute atomic E-state index is 13.1. The van der Waals surface area contributed by atoms with E-state index in [2.05, 4.69) is 0 Å². The van der Waals surface area contributed by atoms with Crippen molar-refractivity contribution in [3.8, 4) is 5.75 Å². The Morgan fingerprint density at radius 2 is 1.74 bits per heavy atom. The van der Waals surface area contributed by atoms with Crippen LogP contribution in [0.3, 0.4) is 0 Å². The summed E-state index contributed by atoms with van der Waals surface area (Å²) in [7, 11) is 1.51. The Kier molecular flexibility index (Phi) is 5.46. The van der Waals surface area contributed by atoms with Crippen LogP contribution in [0.1, 0.15) is 42.9 Å². The van der Waals surface area contributed by atoms with Gasteiger partial charge in [0.05, 0.1) is 23.6 Å². The number of aliphatic hydroxyl groups is 1. The van der Waals surface area contributed by atoms with Crippen molar-refractivity contribution in [1.82, 2.24) is 4.90 Å². The normalized spacial score (nSPS) is 20.9. The molecule has 1 aliphatic heterocycles. The molecule has 2 aromatic rings. The smallest absolute Gasteiger partial charge is 0.295 e. The second-order valence-electron chi connectivity index (χ2n) is 7.69. The van der Waals surface area contributed by atoms with E-state index >= 15 is 0 Å². The average Bonchev–Trinajstić information content (AvgIpc) is 3.40. The summed E-state index contributed by atoms with van der Waals surface area (Å²) in [5.41, 5.74) is 0.675. The van der Waals surface area contributed by atoms with E-state index in [1.54, 1.807) is 29.2 Å². The van der Waals surface area contributed by atoms with Crippen molar-refractivity contribution < 1.29 is 24.4 Å². The Morgan fingerprint density at radius 1 is 1.10 bits per heavy atom. The molecule has 2 fully saturated rings. The summed E-state index contributed by atoms with van der Waals surface area (Å²) >= 11 is 0. The van der Waals surface area contributed by atoms with Gasteiger partial charge in [-0.1, -0.05) is 31.0 Å². The van der Waals surface area contributed by atoms with Gasteiger partial charge >= 0.3 is 0 Å². The fourth-order valence-electron chi connectivity index (χ4n) is 4.50. The molecular formula is C23H22N2O6. The lowest BCUT2D eigenvalue weighted by Gasteiger charge is -2.31. The van der Waals surface area contributed by atoms with Crippen LogP contribution in [0.5, 0.6) is 5.75 Å². The predicted octanol–water partition coefficient (Wildman–Crippen LogP) is 3.97. The van der Waals surface area contributed by atoms with Crippen molar-refractivity contribution in [2.75, 3.05) is 7.11 Å². The highest BCUT2D eigenvalue weighted by atomic mass is 16.6. The Morgan fingerprint density at radius 3 is 2.35 bits per heavy atom. The van der Waals surface area contributed by atoms with Gasteiger partial charge in [0.25, 0.3) is 17.4 Å². The van der Waals surface area contributed by atoms with Gasteiger partial charge in [-0.15, -0.1) is 0 Å². The van der Waals surface area contributed by atoms with Crippen LogP contribution in [0.15, 0.2) is 54.1 Å². The number of likely N-dealkylation sites (tertiary alicyclic amines) is 1. The molecule has 8 nitrogen and oxygen atoms in total. The summed E-state index contributed by atoms with van der Waals surface area (Å²) in [5.74, 6) is -1.26. The molecule has 0 bridgehead atoms. The van der Waals surface area contributed by atoms with Crippen LogP contribution < -0.4 is 4.74 Å². The SMILES string of the molecule is COc1ccccc1C1/C(=C(\O)c2ccc([N+](=O)[O-])cc2)C(=O)C(=O)N1C1CCCC1. The molecule has 4 rings (SSSR count). The largest absolute Gasteiger partial charge is 0.507 e. The highest BCUT2D eigenvalue weighted by molar-refractivity contribution is 6.46. The second kappa shape index (κ2) is 8.22. The highest BCUT2D eigenvalue weighted by Gasteiger charge is 2.50. The number of methoxy groups -OCH3 is 1. The summed E-state index contributed by atoms with van der Waals surface area (Å²) in [5, 5.41) is 22.0. The zero-order valence-electron chi connectivity index (χ0n) is 17.0. The molecule has 160 valence electrons. The molecule has 0 aromatic heterocycles. The van der Waals surface area contributed by atoms with Crippen molar-refractivity contribution in [2.45, 2.75) is 37.8 Å². The fourth-order valence-corrected chi connectivity index (χ4v) is 4.50. The number of ether oxygens (including phenoxy) is 1. The van der Waals surface area contributed by atoms with Gasteiger partial charge in [-0.25, -0.2) is 0 Å². The van der Waals surface area contributed by atoms with Crippen molar-refractivity contribution in [3.05, 3.63) is 75.3 Å². The lowest BCUT2D eigenvalue weighted by Crippen LogP contribution is -2.37. The Hall–Kier alpha value is -3.68. The Balaban J connectivity index is 1.89. The molecule has 1 saturated heterocycles. The molecule has 1 atom stereocenters. The molecule has 1 saturated carbocycles. The number of amides is 1. The van der Waals surface area contributed by atoms with Crippen LogP contribution >= 0.6 is 0 Å². The maximum Gasteiger partial charge on any atom is 0.295 e. The van der Waals surface area contributed by atoms with Crippen LogP contribution in [0.25, 0.3) is 5.76 Å². The molecule has 1 aliphatic carbocycles. The van der Waals surface area contributed by atoms with E-state index in [-0.39, 0.29) is 28.6 Å². The van der Waals surface area contributed by atoms with Crippen LogP contribution in [0, 0.1) is 10.1 Å². The monoisotopic (exact) mass is 422 g/mol. The fraction of sp³-hybridized carbons (Fsp3) is 0.304. The minimum absolute atomic E-state index is 0.0322. The number of hydrogen-bond donors (Lipinski definition) is 1. The number of carbonyl (C=O) groups excluding carboxylic acids is 2. The van der Waals surface area contributed by atoms with Crippen LogP contribution in [0.2, 0.25) is 0 Å². The van der Waals surface area contributed by atoms with Gasteiger partial charge in [-0.3, -0.25) is 19.7 Å². The first-order valence-electron chi connectivity index (χ1n) is 10.1. The van der Waals surface area contributed by atoms with Crippen LogP contribution in [-0.4, -0.2) is 39.8 Å². The van der Waals surface area contributed by atoms with Gasteiger partial charge in [0.1, 0.15) is 11.5 Å². The number of benzene rings is 2. The number of nitrogens with zero attached hydrogens (tertiary/aromatic N) is 2. The molecule has 8 heteroatoms. The molecule has 0 spiro atoms. The van der Waals surface area contributed by atoms with Crippen LogP contribution in [-0.2, 0) is 9.59 Å². The lowest BCUT2D eigenvalue weighted by atomic mass is 9.94. The van der Waals surface area contributed by atoms with Crippen molar-refractivity contribution in [3.63, 3.8) is 0 Å². The van der Waals surface area contributed by atoms with Crippen molar-refractivity contribution in [2.24, 2.45) is 0 Å². The summed E-state index contributed by atoms with van der Waals surface area (Å²) in [4.78, 5) is 38.1.